The number of aryl methyl sites for hydroxylation is 1. The van der Waals surface area contributed by atoms with Crippen LogP contribution < -0.4 is 10.6 Å². The molecule has 1 aliphatic rings. The van der Waals surface area contributed by atoms with Crippen molar-refractivity contribution in [2.45, 2.75) is 44.9 Å². The zero-order valence-electron chi connectivity index (χ0n) is 18.0. The maximum absolute atomic E-state index is 12.9. The summed E-state index contributed by atoms with van der Waals surface area (Å²) in [7, 11) is 1.76. The average molecular weight is 434 g/mol. The zero-order valence-corrected chi connectivity index (χ0v) is 18.0. The predicted molar refractivity (Wildman–Crippen MR) is 117 cm³/mol. The molecule has 168 valence electrons. The number of nitrogens with one attached hydrogen (secondary N) is 2. The Bertz CT molecular complexity index is 874. The Kier molecular flexibility index (Phi) is 7.90. The minimum atomic E-state index is -4.30. The summed E-state index contributed by atoms with van der Waals surface area (Å²) < 4.78 is 38.7. The summed E-state index contributed by atoms with van der Waals surface area (Å²) in [4.78, 5) is 10.6. The largest absolute Gasteiger partial charge is 0.416 e. The van der Waals surface area contributed by atoms with E-state index in [1.807, 2.05) is 18.5 Å². The van der Waals surface area contributed by atoms with Crippen LogP contribution >= 0.6 is 0 Å². The van der Waals surface area contributed by atoms with Gasteiger partial charge in [-0.05, 0) is 55.0 Å². The normalized spacial score (nSPS) is 16.4. The van der Waals surface area contributed by atoms with Gasteiger partial charge in [-0.2, -0.15) is 13.2 Å². The molecule has 1 aromatic heterocycles. The first-order chi connectivity index (χ1) is 14.8. The second-order valence-corrected chi connectivity index (χ2v) is 7.94. The smallest absolute Gasteiger partial charge is 0.356 e. The molecule has 1 fully saturated rings. The topological polar surface area (TPSA) is 52.6 Å². The van der Waals surface area contributed by atoms with E-state index in [1.54, 1.807) is 13.1 Å². The van der Waals surface area contributed by atoms with Gasteiger partial charge in [0.2, 0.25) is 0 Å². The number of halogens is 3. The van der Waals surface area contributed by atoms with E-state index in [2.05, 4.69) is 32.4 Å². The van der Waals surface area contributed by atoms with E-state index in [0.717, 1.165) is 50.9 Å². The van der Waals surface area contributed by atoms with Gasteiger partial charge in [0.05, 0.1) is 5.56 Å². The number of benzene rings is 1. The predicted octanol–water partition coefficient (Wildman–Crippen LogP) is 3.78. The fourth-order valence-electron chi connectivity index (χ4n) is 3.83. The number of alkyl halides is 3. The van der Waals surface area contributed by atoms with Gasteiger partial charge in [0, 0.05) is 51.7 Å². The molecule has 5 nitrogen and oxygen atoms in total. The Morgan fingerprint density at radius 1 is 1.23 bits per heavy atom. The van der Waals surface area contributed by atoms with Crippen LogP contribution in [0.25, 0.3) is 0 Å². The van der Waals surface area contributed by atoms with E-state index >= 15 is 0 Å². The van der Waals surface area contributed by atoms with E-state index in [9.17, 15) is 13.2 Å². The SMILES string of the molecule is CN=C(NCCc1ccncc1C)NC1CCN(Cc2cccc(C(F)(F)F)c2)CC1. The van der Waals surface area contributed by atoms with Crippen LogP contribution in [0.1, 0.15) is 35.1 Å². The molecule has 1 aromatic carbocycles. The van der Waals surface area contributed by atoms with Crippen molar-refractivity contribution in [2.75, 3.05) is 26.7 Å². The molecule has 0 spiro atoms. The van der Waals surface area contributed by atoms with E-state index in [0.29, 0.717) is 18.2 Å². The number of aromatic nitrogens is 1. The highest BCUT2D eigenvalue weighted by molar-refractivity contribution is 5.79. The first kappa shape index (κ1) is 23.1. The van der Waals surface area contributed by atoms with E-state index < -0.39 is 11.7 Å². The highest BCUT2D eigenvalue weighted by Gasteiger charge is 2.30. The maximum atomic E-state index is 12.9. The van der Waals surface area contributed by atoms with Crippen molar-refractivity contribution < 1.29 is 13.2 Å². The number of likely N-dealkylation sites (tertiary alicyclic amines) is 1. The monoisotopic (exact) mass is 433 g/mol. The van der Waals surface area contributed by atoms with E-state index in [-0.39, 0.29) is 0 Å². The number of hydrogen-bond acceptors (Lipinski definition) is 3. The molecule has 0 amide bonds. The molecule has 0 unspecified atom stereocenters. The maximum Gasteiger partial charge on any atom is 0.416 e. The van der Waals surface area contributed by atoms with Gasteiger partial charge in [-0.15, -0.1) is 0 Å². The highest BCUT2D eigenvalue weighted by Crippen LogP contribution is 2.30. The van der Waals surface area contributed by atoms with Crippen molar-refractivity contribution in [3.8, 4) is 0 Å². The number of aliphatic imine (C=N–C) groups is 1. The fraction of sp³-hybridized carbons (Fsp3) is 0.478. The molecular weight excluding hydrogens is 403 g/mol. The van der Waals surface area contributed by atoms with E-state index in [1.165, 1.54) is 23.3 Å². The molecule has 0 radical (unpaired) electrons. The van der Waals surface area contributed by atoms with Crippen molar-refractivity contribution in [1.29, 1.82) is 0 Å². The molecule has 0 aliphatic carbocycles. The summed E-state index contributed by atoms with van der Waals surface area (Å²) >= 11 is 0. The summed E-state index contributed by atoms with van der Waals surface area (Å²) in [6.45, 7) is 5.04. The number of nitrogens with zero attached hydrogens (tertiary/aromatic N) is 3. The lowest BCUT2D eigenvalue weighted by atomic mass is 10.0. The quantitative estimate of drug-likeness (QED) is 0.538. The Hall–Kier alpha value is -2.61. The average Bonchev–Trinajstić information content (AvgIpc) is 2.75. The number of rotatable bonds is 6. The van der Waals surface area contributed by atoms with Gasteiger partial charge in [0.15, 0.2) is 5.96 Å². The van der Waals surface area contributed by atoms with Crippen LogP contribution in [0.2, 0.25) is 0 Å². The molecule has 2 aromatic rings. The lowest BCUT2D eigenvalue weighted by Crippen LogP contribution is -2.48. The Morgan fingerprint density at radius 2 is 2.00 bits per heavy atom. The van der Waals surface area contributed by atoms with Crippen molar-refractivity contribution in [3.63, 3.8) is 0 Å². The molecule has 8 heteroatoms. The minimum absolute atomic E-state index is 0.298. The van der Waals surface area contributed by atoms with Gasteiger partial charge in [0.1, 0.15) is 0 Å². The highest BCUT2D eigenvalue weighted by atomic mass is 19.4. The van der Waals surface area contributed by atoms with Crippen LogP contribution in [0.4, 0.5) is 13.2 Å². The van der Waals surface area contributed by atoms with Gasteiger partial charge in [0.25, 0.3) is 0 Å². The molecule has 0 saturated carbocycles. The molecule has 2 heterocycles. The molecule has 0 bridgehead atoms. The van der Waals surface area contributed by atoms with Crippen molar-refractivity contribution >= 4 is 5.96 Å². The Morgan fingerprint density at radius 3 is 2.68 bits per heavy atom. The molecule has 3 rings (SSSR count). The van der Waals surface area contributed by atoms with Gasteiger partial charge in [-0.3, -0.25) is 14.9 Å². The second kappa shape index (κ2) is 10.6. The third-order valence-electron chi connectivity index (χ3n) is 5.64. The van der Waals surface area contributed by atoms with Crippen LogP contribution in [0.15, 0.2) is 47.7 Å². The van der Waals surface area contributed by atoms with Crippen LogP contribution in [0.3, 0.4) is 0 Å². The lowest BCUT2D eigenvalue weighted by molar-refractivity contribution is -0.137. The molecule has 2 N–H and O–H groups in total. The summed E-state index contributed by atoms with van der Waals surface area (Å²) in [5.41, 5.74) is 2.56. The van der Waals surface area contributed by atoms with Crippen LogP contribution in [-0.2, 0) is 19.1 Å². The van der Waals surface area contributed by atoms with Crippen molar-refractivity contribution in [3.05, 3.63) is 65.0 Å². The van der Waals surface area contributed by atoms with Crippen LogP contribution in [-0.4, -0.2) is 48.6 Å². The first-order valence-corrected chi connectivity index (χ1v) is 10.6. The fourth-order valence-corrected chi connectivity index (χ4v) is 3.83. The van der Waals surface area contributed by atoms with Crippen LogP contribution in [0, 0.1) is 6.92 Å². The number of guanidine groups is 1. The summed E-state index contributed by atoms with van der Waals surface area (Å²) in [6, 6.07) is 7.94. The second-order valence-electron chi connectivity index (χ2n) is 7.94. The molecule has 31 heavy (non-hydrogen) atoms. The molecular formula is C23H30F3N5. The van der Waals surface area contributed by atoms with Gasteiger partial charge in [-0.25, -0.2) is 0 Å². The first-order valence-electron chi connectivity index (χ1n) is 10.6. The Labute approximate surface area is 181 Å². The van der Waals surface area contributed by atoms with Gasteiger partial charge in [-0.1, -0.05) is 18.2 Å². The molecule has 1 aliphatic heterocycles. The zero-order chi connectivity index (χ0) is 22.3. The summed E-state index contributed by atoms with van der Waals surface area (Å²) in [5, 5.41) is 6.83. The van der Waals surface area contributed by atoms with Crippen LogP contribution in [0.5, 0.6) is 0 Å². The lowest BCUT2D eigenvalue weighted by Gasteiger charge is -2.33. The van der Waals surface area contributed by atoms with E-state index in [4.69, 9.17) is 0 Å². The van der Waals surface area contributed by atoms with Crippen molar-refractivity contribution in [2.24, 2.45) is 4.99 Å². The van der Waals surface area contributed by atoms with Crippen molar-refractivity contribution in [1.82, 2.24) is 20.5 Å². The third kappa shape index (κ3) is 6.95. The van der Waals surface area contributed by atoms with Gasteiger partial charge < -0.3 is 10.6 Å². The Balaban J connectivity index is 1.42. The number of pyridine rings is 1. The summed E-state index contributed by atoms with van der Waals surface area (Å²) in [6.07, 6.45) is 2.11. The molecule has 1 saturated heterocycles. The molecule has 0 atom stereocenters. The standard InChI is InChI=1S/C23H30F3N5/c1-17-15-28-10-6-19(17)7-11-29-22(27-2)30-21-8-12-31(13-9-21)16-18-4-3-5-20(14-18)23(24,25)26/h3-6,10,14-15,21H,7-9,11-13,16H2,1-2H3,(H2,27,29,30). The summed E-state index contributed by atoms with van der Waals surface area (Å²) in [5.74, 6) is 0.781. The number of piperidine rings is 1. The number of hydrogen-bond donors (Lipinski definition) is 2. The van der Waals surface area contributed by atoms with Gasteiger partial charge >= 0.3 is 6.18 Å². The third-order valence-corrected chi connectivity index (χ3v) is 5.64. The minimum Gasteiger partial charge on any atom is -0.356 e.